The molecule has 1 aromatic carbocycles. The molecular weight excluding hydrogens is 348 g/mol. The van der Waals surface area contributed by atoms with Gasteiger partial charge in [0.2, 0.25) is 17.6 Å². The van der Waals surface area contributed by atoms with Crippen molar-refractivity contribution < 1.29 is 14.1 Å². The van der Waals surface area contributed by atoms with Gasteiger partial charge in [-0.1, -0.05) is 23.4 Å². The average Bonchev–Trinajstić information content (AvgIpc) is 3.36. The van der Waals surface area contributed by atoms with E-state index in [9.17, 15) is 9.59 Å². The molecular formula is C19H20N4O4. The number of hydrogen-bond donors (Lipinski definition) is 2. The second kappa shape index (κ2) is 7.71. The van der Waals surface area contributed by atoms with Crippen molar-refractivity contribution in [3.8, 4) is 11.4 Å². The summed E-state index contributed by atoms with van der Waals surface area (Å²) >= 11 is 0. The summed E-state index contributed by atoms with van der Waals surface area (Å²) in [7, 11) is 0. The van der Waals surface area contributed by atoms with Crippen LogP contribution in [0.5, 0.6) is 0 Å². The van der Waals surface area contributed by atoms with Gasteiger partial charge in [-0.15, -0.1) is 0 Å². The van der Waals surface area contributed by atoms with E-state index in [-0.39, 0.29) is 29.8 Å². The summed E-state index contributed by atoms with van der Waals surface area (Å²) in [4.78, 5) is 31.3. The third kappa shape index (κ3) is 4.06. The van der Waals surface area contributed by atoms with E-state index in [1.807, 2.05) is 24.3 Å². The number of nitrogens with one attached hydrogen (secondary N) is 2. The van der Waals surface area contributed by atoms with Crippen LogP contribution in [0, 0.1) is 0 Å². The van der Waals surface area contributed by atoms with Crippen molar-refractivity contribution in [1.82, 2.24) is 20.4 Å². The number of fused-ring (bicyclic) bond motifs is 1. The van der Waals surface area contributed by atoms with Crippen LogP contribution in [-0.4, -0.2) is 40.3 Å². The Balaban J connectivity index is 1.39. The number of ether oxygens (including phenoxy) is 1. The molecule has 1 aliphatic rings. The SMILES string of the molecule is O=C(CCc1nc(-c2cc3ccccc3[nH]c2=O)no1)NCC1CCCO1. The van der Waals surface area contributed by atoms with Crippen LogP contribution < -0.4 is 10.9 Å². The Labute approximate surface area is 154 Å². The molecule has 0 aliphatic carbocycles. The molecule has 1 atom stereocenters. The van der Waals surface area contributed by atoms with E-state index in [4.69, 9.17) is 9.26 Å². The zero-order valence-electron chi connectivity index (χ0n) is 14.7. The first-order chi connectivity index (χ1) is 13.2. The van der Waals surface area contributed by atoms with E-state index in [1.54, 1.807) is 6.07 Å². The molecule has 3 aromatic rings. The lowest BCUT2D eigenvalue weighted by atomic mass is 10.1. The predicted octanol–water partition coefficient (Wildman–Crippen LogP) is 1.81. The van der Waals surface area contributed by atoms with Gasteiger partial charge in [0.1, 0.15) is 0 Å². The summed E-state index contributed by atoms with van der Waals surface area (Å²) in [6, 6.07) is 9.21. The Bertz CT molecular complexity index is 1000. The Hall–Kier alpha value is -3.00. The minimum absolute atomic E-state index is 0.0891. The molecule has 8 nitrogen and oxygen atoms in total. The van der Waals surface area contributed by atoms with E-state index in [0.29, 0.717) is 24.4 Å². The van der Waals surface area contributed by atoms with Crippen molar-refractivity contribution >= 4 is 16.8 Å². The molecule has 3 heterocycles. The second-order valence-corrected chi connectivity index (χ2v) is 6.55. The van der Waals surface area contributed by atoms with Gasteiger partial charge in [0, 0.05) is 31.5 Å². The fourth-order valence-electron chi connectivity index (χ4n) is 3.12. The molecule has 140 valence electrons. The van der Waals surface area contributed by atoms with Crippen LogP contribution in [0.2, 0.25) is 0 Å². The molecule has 27 heavy (non-hydrogen) atoms. The number of benzene rings is 1. The average molecular weight is 368 g/mol. The maximum absolute atomic E-state index is 12.3. The van der Waals surface area contributed by atoms with Gasteiger partial charge in [0.15, 0.2) is 0 Å². The maximum Gasteiger partial charge on any atom is 0.259 e. The highest BCUT2D eigenvalue weighted by atomic mass is 16.5. The van der Waals surface area contributed by atoms with Crippen molar-refractivity contribution in [2.75, 3.05) is 13.2 Å². The molecule has 1 fully saturated rings. The Morgan fingerprint density at radius 1 is 1.33 bits per heavy atom. The largest absolute Gasteiger partial charge is 0.376 e. The number of H-pyrrole nitrogens is 1. The summed E-state index contributed by atoms with van der Waals surface area (Å²) in [6.07, 6.45) is 2.69. The molecule has 1 saturated heterocycles. The van der Waals surface area contributed by atoms with Crippen LogP contribution in [0.4, 0.5) is 0 Å². The van der Waals surface area contributed by atoms with Crippen molar-refractivity contribution in [2.24, 2.45) is 0 Å². The van der Waals surface area contributed by atoms with E-state index in [2.05, 4.69) is 20.4 Å². The lowest BCUT2D eigenvalue weighted by Gasteiger charge is -2.09. The molecule has 1 amide bonds. The molecule has 2 N–H and O–H groups in total. The van der Waals surface area contributed by atoms with E-state index in [0.717, 1.165) is 30.4 Å². The number of carbonyl (C=O) groups excluding carboxylic acids is 1. The van der Waals surface area contributed by atoms with Crippen LogP contribution >= 0.6 is 0 Å². The molecule has 0 saturated carbocycles. The number of aromatic amines is 1. The third-order valence-corrected chi connectivity index (χ3v) is 4.58. The van der Waals surface area contributed by atoms with Gasteiger partial charge < -0.3 is 19.6 Å². The fraction of sp³-hybridized carbons (Fsp3) is 0.368. The second-order valence-electron chi connectivity index (χ2n) is 6.55. The first kappa shape index (κ1) is 17.4. The predicted molar refractivity (Wildman–Crippen MR) is 98.2 cm³/mol. The smallest absolute Gasteiger partial charge is 0.259 e. The zero-order valence-corrected chi connectivity index (χ0v) is 14.7. The summed E-state index contributed by atoms with van der Waals surface area (Å²) in [5, 5.41) is 7.62. The first-order valence-corrected chi connectivity index (χ1v) is 9.02. The number of rotatable bonds is 6. The Morgan fingerprint density at radius 3 is 3.07 bits per heavy atom. The summed E-state index contributed by atoms with van der Waals surface area (Å²) in [6.45, 7) is 1.29. The van der Waals surface area contributed by atoms with Crippen LogP contribution in [-0.2, 0) is 16.0 Å². The van der Waals surface area contributed by atoms with Crippen molar-refractivity contribution in [2.45, 2.75) is 31.8 Å². The molecule has 0 radical (unpaired) electrons. The number of hydrogen-bond acceptors (Lipinski definition) is 6. The van der Waals surface area contributed by atoms with E-state index in [1.165, 1.54) is 0 Å². The summed E-state index contributed by atoms with van der Waals surface area (Å²) in [5.74, 6) is 0.454. The molecule has 0 bridgehead atoms. The van der Waals surface area contributed by atoms with Crippen LogP contribution in [0.15, 0.2) is 39.6 Å². The number of amides is 1. The molecule has 8 heteroatoms. The summed E-state index contributed by atoms with van der Waals surface area (Å²) < 4.78 is 10.7. The number of aryl methyl sites for hydroxylation is 1. The lowest BCUT2D eigenvalue weighted by molar-refractivity contribution is -0.121. The monoisotopic (exact) mass is 368 g/mol. The number of carbonyl (C=O) groups is 1. The zero-order chi connectivity index (χ0) is 18.6. The number of pyridine rings is 1. The lowest BCUT2D eigenvalue weighted by Crippen LogP contribution is -2.31. The van der Waals surface area contributed by atoms with Crippen molar-refractivity contribution in [3.05, 3.63) is 46.6 Å². The van der Waals surface area contributed by atoms with Crippen LogP contribution in [0.3, 0.4) is 0 Å². The quantitative estimate of drug-likeness (QED) is 0.687. The van der Waals surface area contributed by atoms with Gasteiger partial charge >= 0.3 is 0 Å². The summed E-state index contributed by atoms with van der Waals surface area (Å²) in [5.41, 5.74) is 0.805. The minimum atomic E-state index is -0.282. The van der Waals surface area contributed by atoms with Gasteiger partial charge in [-0.3, -0.25) is 9.59 Å². The van der Waals surface area contributed by atoms with Crippen molar-refractivity contribution in [1.29, 1.82) is 0 Å². The molecule has 4 rings (SSSR count). The first-order valence-electron chi connectivity index (χ1n) is 9.02. The van der Waals surface area contributed by atoms with Gasteiger partial charge in [-0.2, -0.15) is 4.98 Å². The highest BCUT2D eigenvalue weighted by Gasteiger charge is 2.17. The number of aromatic nitrogens is 3. The van der Waals surface area contributed by atoms with Gasteiger partial charge in [0.25, 0.3) is 5.56 Å². The van der Waals surface area contributed by atoms with Crippen LogP contribution in [0.25, 0.3) is 22.3 Å². The molecule has 2 aromatic heterocycles. The van der Waals surface area contributed by atoms with E-state index < -0.39 is 0 Å². The number of nitrogens with zero attached hydrogens (tertiary/aromatic N) is 2. The van der Waals surface area contributed by atoms with E-state index >= 15 is 0 Å². The maximum atomic E-state index is 12.3. The molecule has 1 aliphatic heterocycles. The van der Waals surface area contributed by atoms with Gasteiger partial charge in [0.05, 0.1) is 11.7 Å². The minimum Gasteiger partial charge on any atom is -0.376 e. The highest BCUT2D eigenvalue weighted by Crippen LogP contribution is 2.17. The Kier molecular flexibility index (Phi) is 4.97. The molecule has 1 unspecified atom stereocenters. The Morgan fingerprint density at radius 2 is 2.22 bits per heavy atom. The topological polar surface area (TPSA) is 110 Å². The molecule has 0 spiro atoms. The number of para-hydroxylation sites is 1. The fourth-order valence-corrected chi connectivity index (χ4v) is 3.12. The van der Waals surface area contributed by atoms with Crippen molar-refractivity contribution in [3.63, 3.8) is 0 Å². The highest BCUT2D eigenvalue weighted by molar-refractivity contribution is 5.82. The van der Waals surface area contributed by atoms with Crippen LogP contribution in [0.1, 0.15) is 25.2 Å². The normalized spacial score (nSPS) is 16.7. The van der Waals surface area contributed by atoms with Gasteiger partial charge in [-0.05, 0) is 30.4 Å². The standard InChI is InChI=1S/C19H20N4O4/c24-16(20-11-13-5-3-9-26-13)7-8-17-22-18(23-27-17)14-10-12-4-1-2-6-15(12)21-19(14)25/h1-2,4,6,10,13H,3,5,7-9,11H2,(H,20,24)(H,21,25). The third-order valence-electron chi connectivity index (χ3n) is 4.58. The van der Waals surface area contributed by atoms with Gasteiger partial charge in [-0.25, -0.2) is 0 Å².